The molecule has 0 unspecified atom stereocenters. The number of H-pyrrole nitrogens is 1. The summed E-state index contributed by atoms with van der Waals surface area (Å²) >= 11 is 0. The van der Waals surface area contributed by atoms with Crippen molar-refractivity contribution in [3.8, 4) is 0 Å². The summed E-state index contributed by atoms with van der Waals surface area (Å²) in [5.41, 5.74) is 0.536. The van der Waals surface area contributed by atoms with E-state index in [0.717, 1.165) is 5.39 Å². The van der Waals surface area contributed by atoms with Crippen molar-refractivity contribution < 1.29 is 14.4 Å². The van der Waals surface area contributed by atoms with Gasteiger partial charge in [-0.15, -0.1) is 0 Å². The highest BCUT2D eigenvalue weighted by molar-refractivity contribution is 6.59. The molecule has 3 nitrogen and oxygen atoms in total. The first-order valence-corrected chi connectivity index (χ1v) is 3.81. The Morgan fingerprint density at radius 3 is 2.77 bits per heavy atom. The number of halogens is 1. The van der Waals surface area contributed by atoms with Crippen LogP contribution in [0.4, 0.5) is 4.39 Å². The zero-order valence-corrected chi connectivity index (χ0v) is 6.66. The summed E-state index contributed by atoms with van der Waals surface area (Å²) in [6.45, 7) is 0. The number of rotatable bonds is 1. The Bertz CT molecular complexity index is 441. The lowest BCUT2D eigenvalue weighted by Crippen LogP contribution is -2.32. The van der Waals surface area contributed by atoms with E-state index < -0.39 is 12.9 Å². The van der Waals surface area contributed by atoms with Crippen molar-refractivity contribution in [3.63, 3.8) is 0 Å². The van der Waals surface area contributed by atoms with Crippen molar-refractivity contribution in [2.24, 2.45) is 0 Å². The lowest BCUT2D eigenvalue weighted by molar-refractivity contribution is 0.423. The van der Waals surface area contributed by atoms with Gasteiger partial charge in [0, 0.05) is 17.2 Å². The summed E-state index contributed by atoms with van der Waals surface area (Å²) in [5.74, 6) is -0.620. The fourth-order valence-corrected chi connectivity index (χ4v) is 1.29. The predicted molar refractivity (Wildman–Crippen MR) is 48.1 cm³/mol. The van der Waals surface area contributed by atoms with Crippen molar-refractivity contribution in [2.75, 3.05) is 0 Å². The van der Waals surface area contributed by atoms with Crippen LogP contribution >= 0.6 is 0 Å². The molecule has 1 aromatic carbocycles. The van der Waals surface area contributed by atoms with E-state index in [0.29, 0.717) is 5.52 Å². The van der Waals surface area contributed by atoms with Gasteiger partial charge in [0.2, 0.25) is 0 Å². The molecule has 0 aliphatic heterocycles. The molecule has 2 aromatic rings. The van der Waals surface area contributed by atoms with E-state index in [4.69, 9.17) is 10.0 Å². The Morgan fingerprint density at radius 1 is 1.31 bits per heavy atom. The number of hydrogen-bond acceptors (Lipinski definition) is 2. The Labute approximate surface area is 74.0 Å². The first-order chi connectivity index (χ1) is 6.18. The fourth-order valence-electron chi connectivity index (χ4n) is 1.29. The average Bonchev–Trinajstić information content (AvgIpc) is 2.48. The first-order valence-electron chi connectivity index (χ1n) is 3.81. The molecular formula is C8H7BFNO2. The van der Waals surface area contributed by atoms with E-state index in [9.17, 15) is 4.39 Å². The highest BCUT2D eigenvalue weighted by Crippen LogP contribution is 2.11. The van der Waals surface area contributed by atoms with Gasteiger partial charge in [-0.05, 0) is 17.5 Å². The molecule has 0 aliphatic carbocycles. The van der Waals surface area contributed by atoms with Gasteiger partial charge in [0.05, 0.1) is 0 Å². The normalized spacial score (nSPS) is 10.7. The summed E-state index contributed by atoms with van der Waals surface area (Å²) in [6.07, 6.45) is 1.66. The smallest absolute Gasteiger partial charge is 0.423 e. The van der Waals surface area contributed by atoms with Gasteiger partial charge in [0.15, 0.2) is 0 Å². The van der Waals surface area contributed by atoms with Crippen LogP contribution in [0.2, 0.25) is 0 Å². The van der Waals surface area contributed by atoms with Crippen molar-refractivity contribution >= 4 is 23.5 Å². The molecule has 0 radical (unpaired) electrons. The van der Waals surface area contributed by atoms with Gasteiger partial charge in [-0.25, -0.2) is 4.39 Å². The van der Waals surface area contributed by atoms with Crippen molar-refractivity contribution in [3.05, 3.63) is 30.2 Å². The van der Waals surface area contributed by atoms with Gasteiger partial charge >= 0.3 is 7.12 Å². The number of aromatic nitrogens is 1. The summed E-state index contributed by atoms with van der Waals surface area (Å²) in [7, 11) is -1.76. The lowest BCUT2D eigenvalue weighted by Gasteiger charge is -2.01. The second-order valence-electron chi connectivity index (χ2n) is 2.81. The Balaban J connectivity index is 2.69. The molecule has 0 amide bonds. The minimum Gasteiger partial charge on any atom is -0.423 e. The summed E-state index contributed by atoms with van der Waals surface area (Å²) in [5, 5.41) is 18.4. The molecule has 66 valence electrons. The van der Waals surface area contributed by atoms with E-state index in [1.165, 1.54) is 12.1 Å². The Morgan fingerprint density at radius 2 is 2.08 bits per heavy atom. The second-order valence-corrected chi connectivity index (χ2v) is 2.81. The highest BCUT2D eigenvalue weighted by atomic mass is 19.1. The van der Waals surface area contributed by atoms with E-state index in [1.807, 2.05) is 0 Å². The monoisotopic (exact) mass is 179 g/mol. The van der Waals surface area contributed by atoms with E-state index in [1.54, 1.807) is 12.3 Å². The Hall–Kier alpha value is -1.33. The largest absolute Gasteiger partial charge is 0.491 e. The fraction of sp³-hybridized carbons (Fsp3) is 0. The molecule has 0 spiro atoms. The van der Waals surface area contributed by atoms with Crippen molar-refractivity contribution in [2.45, 2.75) is 0 Å². The lowest BCUT2D eigenvalue weighted by atomic mass is 9.79. The average molecular weight is 179 g/mol. The van der Waals surface area contributed by atoms with Gasteiger partial charge in [0.25, 0.3) is 0 Å². The maximum Gasteiger partial charge on any atom is 0.491 e. The minimum atomic E-state index is -1.76. The van der Waals surface area contributed by atoms with Crippen LogP contribution in [-0.4, -0.2) is 22.2 Å². The van der Waals surface area contributed by atoms with Crippen LogP contribution in [0.15, 0.2) is 24.4 Å². The maximum absolute atomic E-state index is 13.1. The number of fused-ring (bicyclic) bond motifs is 1. The SMILES string of the molecule is OB(O)c1cc2cc[nH]c2cc1F. The standard InChI is InChI=1S/C8H7BFNO2/c10-7-4-8-5(1-2-11-8)3-6(7)9(12)13/h1-4,11-13H. The molecule has 0 aliphatic rings. The molecule has 2 rings (SSSR count). The molecule has 5 heteroatoms. The zero-order chi connectivity index (χ0) is 9.42. The Kier molecular flexibility index (Phi) is 1.83. The molecular weight excluding hydrogens is 172 g/mol. The molecule has 0 atom stereocenters. The van der Waals surface area contributed by atoms with E-state index >= 15 is 0 Å². The molecule has 1 heterocycles. The molecule has 3 N–H and O–H groups in total. The summed E-state index contributed by atoms with van der Waals surface area (Å²) in [4.78, 5) is 2.82. The van der Waals surface area contributed by atoms with Gasteiger partial charge in [-0.1, -0.05) is 6.07 Å². The first kappa shape index (κ1) is 8.28. The molecule has 0 saturated heterocycles. The molecule has 0 fully saturated rings. The molecule has 0 saturated carbocycles. The van der Waals surface area contributed by atoms with Crippen LogP contribution < -0.4 is 5.46 Å². The second kappa shape index (κ2) is 2.87. The summed E-state index contributed by atoms with van der Waals surface area (Å²) in [6, 6.07) is 4.39. The van der Waals surface area contributed by atoms with E-state index in [-0.39, 0.29) is 5.46 Å². The minimum absolute atomic E-state index is 0.105. The molecule has 0 bridgehead atoms. The van der Waals surface area contributed by atoms with Crippen LogP contribution in [0.3, 0.4) is 0 Å². The quantitative estimate of drug-likeness (QED) is 0.539. The van der Waals surface area contributed by atoms with Crippen molar-refractivity contribution in [1.29, 1.82) is 0 Å². The number of nitrogens with one attached hydrogen (secondary N) is 1. The number of hydrogen-bond donors (Lipinski definition) is 3. The number of aromatic amines is 1. The topological polar surface area (TPSA) is 56.2 Å². The zero-order valence-electron chi connectivity index (χ0n) is 6.66. The third-order valence-corrected chi connectivity index (χ3v) is 1.95. The van der Waals surface area contributed by atoms with Gasteiger partial charge < -0.3 is 15.0 Å². The van der Waals surface area contributed by atoms with Crippen LogP contribution in [0, 0.1) is 5.82 Å². The molecule has 1 aromatic heterocycles. The number of benzene rings is 1. The van der Waals surface area contributed by atoms with Crippen LogP contribution in [0.1, 0.15) is 0 Å². The predicted octanol–water partition coefficient (Wildman–Crippen LogP) is -0.0132. The highest BCUT2D eigenvalue weighted by Gasteiger charge is 2.17. The van der Waals surface area contributed by atoms with E-state index in [2.05, 4.69) is 4.98 Å². The van der Waals surface area contributed by atoms with Gasteiger partial charge in [-0.2, -0.15) is 0 Å². The van der Waals surface area contributed by atoms with Crippen LogP contribution in [-0.2, 0) is 0 Å². The van der Waals surface area contributed by atoms with Gasteiger partial charge in [0.1, 0.15) is 5.82 Å². The van der Waals surface area contributed by atoms with Gasteiger partial charge in [-0.3, -0.25) is 0 Å². The third-order valence-electron chi connectivity index (χ3n) is 1.95. The third kappa shape index (κ3) is 1.32. The maximum atomic E-state index is 13.1. The van der Waals surface area contributed by atoms with Crippen molar-refractivity contribution in [1.82, 2.24) is 4.98 Å². The summed E-state index contributed by atoms with van der Waals surface area (Å²) < 4.78 is 13.1. The molecule has 13 heavy (non-hydrogen) atoms. The van der Waals surface area contributed by atoms with Crippen LogP contribution in [0.25, 0.3) is 10.9 Å². The van der Waals surface area contributed by atoms with Crippen LogP contribution in [0.5, 0.6) is 0 Å².